The van der Waals surface area contributed by atoms with E-state index in [0.29, 0.717) is 17.9 Å². The number of aromatic nitrogens is 2. The molecule has 0 aliphatic carbocycles. The number of nitrogens with one attached hydrogen (secondary N) is 1. The fourth-order valence-electron chi connectivity index (χ4n) is 4.34. The maximum absolute atomic E-state index is 12.9. The standard InChI is InChI=1S/C29H33N3O3/c1-20-11-9-12-21(2)27(20)35-18-8-7-17-32-26-16-6-5-15-25(26)31-28(32)22(3)30-29(33)23-13-10-14-24(19-23)34-4/h5-6,9-16,19,22H,7-8,17-18H2,1-4H3,(H,30,33). The number of rotatable bonds is 10. The minimum absolute atomic E-state index is 0.156. The molecule has 1 N–H and O–H groups in total. The molecule has 1 atom stereocenters. The van der Waals surface area contributed by atoms with E-state index in [1.807, 2.05) is 37.3 Å². The van der Waals surface area contributed by atoms with Gasteiger partial charge in [-0.2, -0.15) is 0 Å². The van der Waals surface area contributed by atoms with E-state index in [0.717, 1.165) is 53.1 Å². The van der Waals surface area contributed by atoms with Crippen LogP contribution in [0.2, 0.25) is 0 Å². The van der Waals surface area contributed by atoms with E-state index in [9.17, 15) is 4.79 Å². The molecule has 4 aromatic rings. The molecular weight excluding hydrogens is 438 g/mol. The van der Waals surface area contributed by atoms with Gasteiger partial charge in [0.25, 0.3) is 5.91 Å². The highest BCUT2D eigenvalue weighted by atomic mass is 16.5. The molecule has 0 radical (unpaired) electrons. The second kappa shape index (κ2) is 11.1. The zero-order valence-corrected chi connectivity index (χ0v) is 20.9. The molecule has 0 spiro atoms. The SMILES string of the molecule is COc1cccc(C(=O)NC(C)c2nc3ccccc3n2CCCCOc2c(C)cccc2C)c1. The summed E-state index contributed by atoms with van der Waals surface area (Å²) in [5.41, 5.74) is 4.88. The number of imidazole rings is 1. The number of methoxy groups -OCH3 is 1. The number of hydrogen-bond acceptors (Lipinski definition) is 4. The van der Waals surface area contributed by atoms with Gasteiger partial charge in [0.1, 0.15) is 17.3 Å². The first kappa shape index (κ1) is 24.3. The summed E-state index contributed by atoms with van der Waals surface area (Å²) >= 11 is 0. The smallest absolute Gasteiger partial charge is 0.251 e. The number of amides is 1. The van der Waals surface area contributed by atoms with Crippen molar-refractivity contribution in [1.82, 2.24) is 14.9 Å². The van der Waals surface area contributed by atoms with Crippen LogP contribution in [0.15, 0.2) is 66.7 Å². The highest BCUT2D eigenvalue weighted by Gasteiger charge is 2.19. The number of ether oxygens (including phenoxy) is 2. The van der Waals surface area contributed by atoms with Crippen molar-refractivity contribution in [2.45, 2.75) is 46.2 Å². The molecule has 1 amide bonds. The highest BCUT2D eigenvalue weighted by Crippen LogP contribution is 2.24. The Bertz CT molecular complexity index is 1290. The summed E-state index contributed by atoms with van der Waals surface area (Å²) in [5, 5.41) is 3.10. The Morgan fingerprint density at radius 3 is 2.51 bits per heavy atom. The molecule has 3 aromatic carbocycles. The number of fused-ring (bicyclic) bond motifs is 1. The predicted octanol–water partition coefficient (Wildman–Crippen LogP) is 6.01. The molecule has 0 bridgehead atoms. The van der Waals surface area contributed by atoms with Crippen LogP contribution >= 0.6 is 0 Å². The summed E-state index contributed by atoms with van der Waals surface area (Å²) in [6, 6.07) is 21.2. The quantitative estimate of drug-likeness (QED) is 0.288. The van der Waals surface area contributed by atoms with Crippen molar-refractivity contribution in [3.05, 3.63) is 89.2 Å². The lowest BCUT2D eigenvalue weighted by atomic mass is 10.1. The first-order valence-electron chi connectivity index (χ1n) is 12.1. The van der Waals surface area contributed by atoms with Crippen LogP contribution < -0.4 is 14.8 Å². The normalized spacial score (nSPS) is 11.9. The summed E-state index contributed by atoms with van der Waals surface area (Å²) in [6.07, 6.45) is 1.86. The van der Waals surface area contributed by atoms with Crippen LogP contribution in [0.1, 0.15) is 53.1 Å². The summed E-state index contributed by atoms with van der Waals surface area (Å²) in [6.45, 7) is 7.59. The summed E-state index contributed by atoms with van der Waals surface area (Å²) < 4.78 is 13.5. The molecule has 1 aromatic heterocycles. The van der Waals surface area contributed by atoms with Crippen LogP contribution in [0.25, 0.3) is 11.0 Å². The van der Waals surface area contributed by atoms with Gasteiger partial charge in [0.05, 0.1) is 30.8 Å². The molecule has 1 unspecified atom stereocenters. The van der Waals surface area contributed by atoms with Gasteiger partial charge in [-0.1, -0.05) is 36.4 Å². The summed E-state index contributed by atoms with van der Waals surface area (Å²) in [4.78, 5) is 17.7. The van der Waals surface area contributed by atoms with Crippen LogP contribution in [0.5, 0.6) is 11.5 Å². The van der Waals surface area contributed by atoms with Gasteiger partial charge >= 0.3 is 0 Å². The number of carbonyl (C=O) groups is 1. The van der Waals surface area contributed by atoms with Crippen molar-refractivity contribution < 1.29 is 14.3 Å². The molecule has 0 aliphatic rings. The Balaban J connectivity index is 1.44. The van der Waals surface area contributed by atoms with E-state index in [1.54, 1.807) is 19.2 Å². The van der Waals surface area contributed by atoms with Crippen LogP contribution in [0.3, 0.4) is 0 Å². The van der Waals surface area contributed by atoms with E-state index >= 15 is 0 Å². The Labute approximate surface area is 206 Å². The van der Waals surface area contributed by atoms with Gasteiger partial charge in [-0.15, -0.1) is 0 Å². The number of hydrogen-bond donors (Lipinski definition) is 1. The molecular formula is C29H33N3O3. The van der Waals surface area contributed by atoms with Gasteiger partial charge < -0.3 is 19.4 Å². The van der Waals surface area contributed by atoms with Crippen molar-refractivity contribution >= 4 is 16.9 Å². The fourth-order valence-corrected chi connectivity index (χ4v) is 4.34. The molecule has 0 aliphatic heterocycles. The summed E-state index contributed by atoms with van der Waals surface area (Å²) in [5.74, 6) is 2.32. The van der Waals surface area contributed by atoms with Crippen LogP contribution in [0.4, 0.5) is 0 Å². The minimum Gasteiger partial charge on any atom is -0.497 e. The third-order valence-electron chi connectivity index (χ3n) is 6.18. The van der Waals surface area contributed by atoms with Crippen LogP contribution in [-0.4, -0.2) is 29.2 Å². The molecule has 4 rings (SSSR count). The lowest BCUT2D eigenvalue weighted by Crippen LogP contribution is -2.28. The number of carbonyl (C=O) groups excluding carboxylic acids is 1. The highest BCUT2D eigenvalue weighted by molar-refractivity contribution is 5.94. The average Bonchev–Trinajstić information content (AvgIpc) is 3.24. The molecule has 6 nitrogen and oxygen atoms in total. The molecule has 1 heterocycles. The third-order valence-corrected chi connectivity index (χ3v) is 6.18. The zero-order valence-electron chi connectivity index (χ0n) is 20.9. The van der Waals surface area contributed by atoms with Gasteiger partial charge in [0, 0.05) is 12.1 Å². The molecule has 0 fully saturated rings. The second-order valence-corrected chi connectivity index (χ2v) is 8.81. The monoisotopic (exact) mass is 471 g/mol. The molecule has 0 saturated heterocycles. The molecule has 0 saturated carbocycles. The van der Waals surface area contributed by atoms with E-state index in [2.05, 4.69) is 48.0 Å². The van der Waals surface area contributed by atoms with E-state index < -0.39 is 0 Å². The first-order valence-corrected chi connectivity index (χ1v) is 12.1. The number of benzene rings is 3. The maximum Gasteiger partial charge on any atom is 0.251 e. The van der Waals surface area contributed by atoms with Gasteiger partial charge in [-0.25, -0.2) is 4.98 Å². The fraction of sp³-hybridized carbons (Fsp3) is 0.310. The maximum atomic E-state index is 12.9. The van der Waals surface area contributed by atoms with Crippen molar-refractivity contribution in [1.29, 1.82) is 0 Å². The Hall–Kier alpha value is -3.80. The lowest BCUT2D eigenvalue weighted by Gasteiger charge is -2.17. The van der Waals surface area contributed by atoms with Gasteiger partial charge in [-0.3, -0.25) is 4.79 Å². The third kappa shape index (κ3) is 5.65. The van der Waals surface area contributed by atoms with E-state index in [-0.39, 0.29) is 11.9 Å². The number of nitrogens with zero attached hydrogens (tertiary/aromatic N) is 2. The number of para-hydroxylation sites is 3. The van der Waals surface area contributed by atoms with E-state index in [4.69, 9.17) is 14.5 Å². The Kier molecular flexibility index (Phi) is 7.70. The largest absolute Gasteiger partial charge is 0.497 e. The van der Waals surface area contributed by atoms with Gasteiger partial charge in [-0.05, 0) is 75.1 Å². The van der Waals surface area contributed by atoms with Gasteiger partial charge in [0.15, 0.2) is 0 Å². The topological polar surface area (TPSA) is 65.4 Å². The number of aryl methyl sites for hydroxylation is 3. The van der Waals surface area contributed by atoms with Crippen LogP contribution in [0, 0.1) is 13.8 Å². The van der Waals surface area contributed by atoms with Crippen molar-refractivity contribution in [2.75, 3.05) is 13.7 Å². The average molecular weight is 472 g/mol. The predicted molar refractivity (Wildman–Crippen MR) is 139 cm³/mol. The van der Waals surface area contributed by atoms with Crippen LogP contribution in [-0.2, 0) is 6.54 Å². The summed E-state index contributed by atoms with van der Waals surface area (Å²) in [7, 11) is 1.59. The second-order valence-electron chi connectivity index (χ2n) is 8.81. The van der Waals surface area contributed by atoms with E-state index in [1.165, 1.54) is 0 Å². The number of unbranched alkanes of at least 4 members (excludes halogenated alkanes) is 1. The molecule has 6 heteroatoms. The minimum atomic E-state index is -0.257. The van der Waals surface area contributed by atoms with Crippen molar-refractivity contribution in [2.24, 2.45) is 0 Å². The first-order chi connectivity index (χ1) is 17.0. The van der Waals surface area contributed by atoms with Gasteiger partial charge in [0.2, 0.25) is 0 Å². The Morgan fingerprint density at radius 1 is 1.00 bits per heavy atom. The van der Waals surface area contributed by atoms with Crippen molar-refractivity contribution in [3.63, 3.8) is 0 Å². The lowest BCUT2D eigenvalue weighted by molar-refractivity contribution is 0.0937. The zero-order chi connectivity index (χ0) is 24.8. The van der Waals surface area contributed by atoms with Crippen molar-refractivity contribution in [3.8, 4) is 11.5 Å². The molecule has 182 valence electrons. The Morgan fingerprint density at radius 2 is 1.74 bits per heavy atom. The molecule has 35 heavy (non-hydrogen) atoms.